The monoisotopic (exact) mass is 753 g/mol. The summed E-state index contributed by atoms with van der Waals surface area (Å²) >= 11 is 0. The van der Waals surface area contributed by atoms with Crippen molar-refractivity contribution in [3.05, 3.63) is 150 Å². The molecule has 0 N–H and O–H groups in total. The Morgan fingerprint density at radius 3 is 2.09 bits per heavy atom. The third-order valence-electron chi connectivity index (χ3n) is 15.1. The molecular weight excluding hydrogens is 707 g/mol. The molecule has 284 valence electrons. The van der Waals surface area contributed by atoms with Crippen molar-refractivity contribution in [2.75, 3.05) is 0 Å². The Labute approximate surface area is 340 Å². The highest BCUT2D eigenvalue weighted by Gasteiger charge is 2.58. The number of hydrogen-bond acceptors (Lipinski definition) is 4. The van der Waals surface area contributed by atoms with Gasteiger partial charge >= 0.3 is 0 Å². The van der Waals surface area contributed by atoms with Gasteiger partial charge in [0.05, 0.1) is 0 Å². The van der Waals surface area contributed by atoms with E-state index in [1.807, 2.05) is 30.3 Å². The highest BCUT2D eigenvalue weighted by molar-refractivity contribution is 6.05. The van der Waals surface area contributed by atoms with Crippen molar-refractivity contribution in [1.82, 2.24) is 15.0 Å². The quantitative estimate of drug-likeness (QED) is 0.180. The van der Waals surface area contributed by atoms with Gasteiger partial charge in [0.2, 0.25) is 0 Å². The molecule has 0 saturated heterocycles. The number of benzene rings is 6. The van der Waals surface area contributed by atoms with E-state index >= 15 is 0 Å². The molecule has 2 bridgehead atoms. The Kier molecular flexibility index (Phi) is 7.26. The minimum atomic E-state index is -0.199. The molecule has 2 heterocycles. The van der Waals surface area contributed by atoms with Crippen molar-refractivity contribution in [3.8, 4) is 56.4 Å². The Hall–Kier alpha value is -5.87. The van der Waals surface area contributed by atoms with Crippen molar-refractivity contribution < 1.29 is 4.42 Å². The average Bonchev–Trinajstić information content (AvgIpc) is 3.86. The summed E-state index contributed by atoms with van der Waals surface area (Å²) in [6.45, 7) is 9.86. The van der Waals surface area contributed by atoms with Crippen LogP contribution in [0.4, 0.5) is 0 Å². The van der Waals surface area contributed by atoms with E-state index in [4.69, 9.17) is 19.4 Å². The fraction of sp³-hybridized carbons (Fsp3) is 0.278. The molecule has 2 fully saturated rings. The molecule has 58 heavy (non-hydrogen) atoms. The standard InChI is InChI=1S/C54H47N3O/c1-5-32-26-33-25-31(2)54(37(27-32)28-33)43-17-11-9-15-38(43)41-23-24-44-48(49(41)54)42-22-20-35(29-45(42)53(44,3)4)51-55-50(34-13-7-6-8-14-34)56-52(57-51)36-19-21-40-39-16-10-12-18-46(39)58-47(40)30-36/h6-24,29-33,37H,5,25-28H2,1-4H3. The van der Waals surface area contributed by atoms with Crippen LogP contribution in [0.1, 0.15) is 82.1 Å². The van der Waals surface area contributed by atoms with Gasteiger partial charge in [0.15, 0.2) is 17.5 Å². The fourth-order valence-corrected chi connectivity index (χ4v) is 12.5. The number of nitrogens with zero attached hydrogens (tertiary/aromatic N) is 3. The molecule has 4 aliphatic carbocycles. The van der Waals surface area contributed by atoms with Gasteiger partial charge in [-0.1, -0.05) is 137 Å². The van der Waals surface area contributed by atoms with Gasteiger partial charge in [0.25, 0.3) is 0 Å². The van der Waals surface area contributed by atoms with Crippen LogP contribution in [0.15, 0.2) is 132 Å². The molecule has 0 amide bonds. The highest BCUT2D eigenvalue weighted by atomic mass is 16.3. The minimum Gasteiger partial charge on any atom is -0.456 e. The molecule has 12 rings (SSSR count). The van der Waals surface area contributed by atoms with Crippen molar-refractivity contribution in [1.29, 1.82) is 0 Å². The van der Waals surface area contributed by atoms with Crippen LogP contribution in [0.2, 0.25) is 0 Å². The Morgan fingerprint density at radius 1 is 0.569 bits per heavy atom. The maximum absolute atomic E-state index is 6.31. The minimum absolute atomic E-state index is 0.0204. The summed E-state index contributed by atoms with van der Waals surface area (Å²) in [4.78, 5) is 15.5. The maximum Gasteiger partial charge on any atom is 0.164 e. The van der Waals surface area contributed by atoms with Gasteiger partial charge < -0.3 is 4.42 Å². The smallest absolute Gasteiger partial charge is 0.164 e. The van der Waals surface area contributed by atoms with E-state index in [9.17, 15) is 0 Å². The summed E-state index contributed by atoms with van der Waals surface area (Å²) in [5.74, 6) is 4.86. The van der Waals surface area contributed by atoms with Crippen LogP contribution in [-0.4, -0.2) is 15.0 Å². The molecule has 1 spiro atoms. The van der Waals surface area contributed by atoms with Gasteiger partial charge in [-0.15, -0.1) is 0 Å². The van der Waals surface area contributed by atoms with Gasteiger partial charge in [0, 0.05) is 38.3 Å². The molecule has 6 aromatic carbocycles. The van der Waals surface area contributed by atoms with E-state index in [0.717, 1.165) is 50.5 Å². The molecule has 2 aromatic heterocycles. The van der Waals surface area contributed by atoms with Gasteiger partial charge in [-0.2, -0.15) is 0 Å². The molecule has 0 radical (unpaired) electrons. The van der Waals surface area contributed by atoms with Crippen molar-refractivity contribution >= 4 is 21.9 Å². The number of para-hydroxylation sites is 1. The lowest BCUT2D eigenvalue weighted by Gasteiger charge is -2.55. The van der Waals surface area contributed by atoms with E-state index in [-0.39, 0.29) is 10.8 Å². The Bertz CT molecular complexity index is 2970. The van der Waals surface area contributed by atoms with E-state index in [0.29, 0.717) is 29.3 Å². The molecule has 4 nitrogen and oxygen atoms in total. The zero-order chi connectivity index (χ0) is 38.9. The molecule has 0 aliphatic heterocycles. The fourth-order valence-electron chi connectivity index (χ4n) is 12.5. The largest absolute Gasteiger partial charge is 0.456 e. The lowest BCUT2D eigenvalue weighted by atomic mass is 9.48. The summed E-state index contributed by atoms with van der Waals surface area (Å²) in [7, 11) is 0. The predicted octanol–water partition coefficient (Wildman–Crippen LogP) is 13.8. The first kappa shape index (κ1) is 34.2. The second-order valence-electron chi connectivity index (χ2n) is 18.4. The lowest BCUT2D eigenvalue weighted by molar-refractivity contribution is 0.0371. The second-order valence-corrected chi connectivity index (χ2v) is 18.4. The number of hydrogen-bond donors (Lipinski definition) is 0. The topological polar surface area (TPSA) is 51.8 Å². The van der Waals surface area contributed by atoms with Crippen LogP contribution >= 0.6 is 0 Å². The van der Waals surface area contributed by atoms with Crippen LogP contribution in [0.5, 0.6) is 0 Å². The first-order valence-electron chi connectivity index (χ1n) is 21.5. The summed E-state index contributed by atoms with van der Waals surface area (Å²) in [5, 5.41) is 2.20. The number of aromatic nitrogens is 3. The zero-order valence-electron chi connectivity index (χ0n) is 33.7. The van der Waals surface area contributed by atoms with Crippen molar-refractivity contribution in [2.45, 2.75) is 70.6 Å². The molecular formula is C54H47N3O. The van der Waals surface area contributed by atoms with Crippen molar-refractivity contribution in [3.63, 3.8) is 0 Å². The van der Waals surface area contributed by atoms with Crippen LogP contribution in [0, 0.1) is 23.7 Å². The van der Waals surface area contributed by atoms with Gasteiger partial charge in [0.1, 0.15) is 11.2 Å². The Morgan fingerprint density at radius 2 is 1.26 bits per heavy atom. The molecule has 2 saturated carbocycles. The molecule has 5 unspecified atom stereocenters. The van der Waals surface area contributed by atoms with E-state index < -0.39 is 0 Å². The molecule has 8 aromatic rings. The summed E-state index contributed by atoms with van der Waals surface area (Å²) in [6, 6.07) is 46.2. The van der Waals surface area contributed by atoms with Crippen molar-refractivity contribution in [2.24, 2.45) is 23.7 Å². The maximum atomic E-state index is 6.31. The van der Waals surface area contributed by atoms with E-state index in [1.54, 1.807) is 11.1 Å². The van der Waals surface area contributed by atoms with E-state index in [1.165, 1.54) is 65.5 Å². The summed E-state index contributed by atoms with van der Waals surface area (Å²) in [5.41, 5.74) is 16.2. The SMILES string of the molecule is CCC1CC2CC(C)C3(c4ccccc4-c4ccc5c(c43)-c3ccc(-c4nc(-c6ccccc6)nc(-c6ccc7c(c6)oc6ccccc67)n4)cc3C5(C)C)C(C1)C2. The first-order valence-corrected chi connectivity index (χ1v) is 21.5. The third kappa shape index (κ3) is 4.66. The lowest BCUT2D eigenvalue weighted by Crippen LogP contribution is -2.49. The molecule has 4 aliphatic rings. The number of furan rings is 1. The zero-order valence-corrected chi connectivity index (χ0v) is 33.7. The van der Waals surface area contributed by atoms with Gasteiger partial charge in [-0.3, -0.25) is 0 Å². The van der Waals surface area contributed by atoms with Gasteiger partial charge in [-0.05, 0) is 118 Å². The van der Waals surface area contributed by atoms with Crippen LogP contribution in [0.3, 0.4) is 0 Å². The molecule has 4 heteroatoms. The summed E-state index contributed by atoms with van der Waals surface area (Å²) < 4.78 is 6.31. The van der Waals surface area contributed by atoms with Crippen LogP contribution < -0.4 is 0 Å². The first-order chi connectivity index (χ1) is 28.3. The summed E-state index contributed by atoms with van der Waals surface area (Å²) in [6.07, 6.45) is 6.69. The van der Waals surface area contributed by atoms with E-state index in [2.05, 4.69) is 125 Å². The second kappa shape index (κ2) is 12.3. The highest BCUT2D eigenvalue weighted by Crippen LogP contribution is 2.68. The van der Waals surface area contributed by atoms with Crippen LogP contribution in [-0.2, 0) is 10.8 Å². The van der Waals surface area contributed by atoms with Gasteiger partial charge in [-0.25, -0.2) is 15.0 Å². The Balaban J connectivity index is 1.04. The van der Waals surface area contributed by atoms with Crippen LogP contribution in [0.25, 0.3) is 78.4 Å². The third-order valence-corrected chi connectivity index (χ3v) is 15.1. The molecule has 5 atom stereocenters. The number of rotatable bonds is 4. The predicted molar refractivity (Wildman–Crippen MR) is 236 cm³/mol. The number of fused-ring (bicyclic) bond motifs is 15. The average molecular weight is 754 g/mol. The normalized spacial score (nSPS) is 23.5.